The first-order valence-electron chi connectivity index (χ1n) is 1.10. The molecule has 8 nitrogen and oxygen atoms in total. The minimum atomic E-state index is -1.75. The predicted octanol–water partition coefficient (Wildman–Crippen LogP) is -0.483. The van der Waals surface area contributed by atoms with Gasteiger partial charge in [0.15, 0.2) is 0 Å². The van der Waals surface area contributed by atoms with Gasteiger partial charge in [0, 0.05) is 34.1 Å². The molecule has 0 aliphatic heterocycles. The van der Waals surface area contributed by atoms with Gasteiger partial charge in [0.1, 0.15) is 0 Å². The largest absolute Gasteiger partial charge is 0.356 e. The van der Waals surface area contributed by atoms with Gasteiger partial charge >= 0.3 is 0 Å². The van der Waals surface area contributed by atoms with E-state index in [1.54, 1.807) is 0 Å². The van der Waals surface area contributed by atoms with Crippen LogP contribution in [-0.4, -0.2) is 10.2 Å². The zero-order valence-corrected chi connectivity index (χ0v) is 5.83. The molecule has 2 radical (unpaired) electrons. The van der Waals surface area contributed by atoms with E-state index < -0.39 is 10.2 Å². The second kappa shape index (κ2) is 15.8. The van der Waals surface area contributed by atoms with Crippen molar-refractivity contribution in [2.24, 2.45) is 0 Å². The van der Waals surface area contributed by atoms with Crippen LogP contribution in [0.2, 0.25) is 0 Å². The predicted molar refractivity (Wildman–Crippen MR) is 20.7 cm³/mol. The van der Waals surface area contributed by atoms with Crippen LogP contribution in [0.3, 0.4) is 0 Å². The standard InChI is InChI=1S/2Cu.2NO3/c;;2*2-1(3)4/q;;2*-1. The first-order chi connectivity index (χ1) is 3.46. The Hall–Kier alpha value is -0.561. The first-order valence-corrected chi connectivity index (χ1v) is 1.10. The fraction of sp³-hybridized carbons (Fsp3) is 0. The van der Waals surface area contributed by atoms with Crippen molar-refractivity contribution in [2.75, 3.05) is 0 Å². The van der Waals surface area contributed by atoms with E-state index in [9.17, 15) is 0 Å². The Labute approximate surface area is 75.4 Å². The molecule has 0 heterocycles. The molecular weight excluding hydrogens is 251 g/mol. The molecule has 0 bridgehead atoms. The molecule has 0 N–H and O–H groups in total. The van der Waals surface area contributed by atoms with Gasteiger partial charge in [-0.2, -0.15) is 0 Å². The summed E-state index contributed by atoms with van der Waals surface area (Å²) in [4.78, 5) is 16.5. The summed E-state index contributed by atoms with van der Waals surface area (Å²) in [6.07, 6.45) is 0. The van der Waals surface area contributed by atoms with Crippen LogP contribution in [-0.2, 0) is 34.1 Å². The van der Waals surface area contributed by atoms with Crippen molar-refractivity contribution in [1.29, 1.82) is 0 Å². The van der Waals surface area contributed by atoms with Gasteiger partial charge in [0.05, 0.1) is 10.2 Å². The third-order valence-corrected chi connectivity index (χ3v) is 0. The zero-order valence-electron chi connectivity index (χ0n) is 3.95. The van der Waals surface area contributed by atoms with E-state index in [1.165, 1.54) is 0 Å². The summed E-state index contributed by atoms with van der Waals surface area (Å²) < 4.78 is 0. The molecule has 0 spiro atoms. The van der Waals surface area contributed by atoms with E-state index in [0.717, 1.165) is 0 Å². The van der Waals surface area contributed by atoms with Gasteiger partial charge in [-0.25, -0.2) is 0 Å². The molecule has 0 aromatic carbocycles. The van der Waals surface area contributed by atoms with Gasteiger partial charge in [-0.3, -0.25) is 0 Å². The molecule has 10 heavy (non-hydrogen) atoms. The van der Waals surface area contributed by atoms with Gasteiger partial charge in [0.2, 0.25) is 0 Å². The molecular formula is Cu2N2O6-2. The van der Waals surface area contributed by atoms with E-state index in [1.807, 2.05) is 0 Å². The molecule has 0 aromatic rings. The van der Waals surface area contributed by atoms with Gasteiger partial charge in [-0.15, -0.1) is 0 Å². The third kappa shape index (κ3) is 980. The van der Waals surface area contributed by atoms with Crippen LogP contribution >= 0.6 is 0 Å². The minimum Gasteiger partial charge on any atom is -0.356 e. The molecule has 0 unspecified atom stereocenters. The second-order valence-electron chi connectivity index (χ2n) is 0.447. The Morgan fingerprint density at radius 2 is 0.700 bits per heavy atom. The molecule has 0 amide bonds. The van der Waals surface area contributed by atoms with Crippen LogP contribution in [0.1, 0.15) is 0 Å². The Morgan fingerprint density at radius 3 is 0.700 bits per heavy atom. The van der Waals surface area contributed by atoms with Crippen molar-refractivity contribution >= 4 is 0 Å². The van der Waals surface area contributed by atoms with Crippen molar-refractivity contribution in [3.05, 3.63) is 30.6 Å². The topological polar surface area (TPSA) is 132 Å². The Bertz CT molecular complexity index is 71.7. The molecule has 0 saturated carbocycles. The molecule has 0 aliphatic carbocycles. The molecule has 0 aliphatic rings. The quantitative estimate of drug-likeness (QED) is 0.324. The molecule has 10 heteroatoms. The van der Waals surface area contributed by atoms with Crippen LogP contribution < -0.4 is 0 Å². The molecule has 0 aromatic heterocycles. The molecule has 0 saturated heterocycles. The fourth-order valence-electron chi connectivity index (χ4n) is 0. The number of hydrogen-bond donors (Lipinski definition) is 0. The summed E-state index contributed by atoms with van der Waals surface area (Å²) in [6.45, 7) is 0. The molecule has 0 atom stereocenters. The maximum atomic E-state index is 8.25. The Morgan fingerprint density at radius 1 is 0.700 bits per heavy atom. The average molecular weight is 251 g/mol. The van der Waals surface area contributed by atoms with E-state index in [-0.39, 0.29) is 34.1 Å². The summed E-state index contributed by atoms with van der Waals surface area (Å²) in [5, 5.41) is 29.5. The first kappa shape index (κ1) is 22.7. The summed E-state index contributed by atoms with van der Waals surface area (Å²) in [5.74, 6) is 0. The second-order valence-corrected chi connectivity index (χ2v) is 0.447. The minimum absolute atomic E-state index is 0. The van der Waals surface area contributed by atoms with Crippen LogP contribution in [0.15, 0.2) is 0 Å². The zero-order chi connectivity index (χ0) is 7.15. The average Bonchev–Trinajstić information content (AvgIpc) is 1.25. The van der Waals surface area contributed by atoms with E-state index in [2.05, 4.69) is 0 Å². The normalized spacial score (nSPS) is 4.80. The van der Waals surface area contributed by atoms with Crippen molar-refractivity contribution < 1.29 is 44.3 Å². The number of nitrogens with zero attached hydrogens (tertiary/aromatic N) is 2. The maximum Gasteiger partial charge on any atom is 0.0689 e. The van der Waals surface area contributed by atoms with Crippen molar-refractivity contribution in [2.45, 2.75) is 0 Å². The Kier molecular flexibility index (Phi) is 35.9. The monoisotopic (exact) mass is 250 g/mol. The number of rotatable bonds is 0. The van der Waals surface area contributed by atoms with E-state index in [0.29, 0.717) is 0 Å². The smallest absolute Gasteiger partial charge is 0.0689 e. The summed E-state index contributed by atoms with van der Waals surface area (Å²) in [5.41, 5.74) is 0. The SMILES string of the molecule is O=[N+]([O-])[O-].O=[N+]([O-])[O-].[Cu].[Cu]. The molecule has 0 rings (SSSR count). The fourth-order valence-corrected chi connectivity index (χ4v) is 0. The van der Waals surface area contributed by atoms with Crippen LogP contribution in [0, 0.1) is 30.6 Å². The van der Waals surface area contributed by atoms with E-state index >= 15 is 0 Å². The van der Waals surface area contributed by atoms with Gasteiger partial charge < -0.3 is 30.6 Å². The van der Waals surface area contributed by atoms with Crippen molar-refractivity contribution in [3.8, 4) is 0 Å². The maximum absolute atomic E-state index is 8.25. The summed E-state index contributed by atoms with van der Waals surface area (Å²) >= 11 is 0. The summed E-state index contributed by atoms with van der Waals surface area (Å²) in [6, 6.07) is 0. The van der Waals surface area contributed by atoms with Crippen molar-refractivity contribution in [3.63, 3.8) is 0 Å². The van der Waals surface area contributed by atoms with Gasteiger partial charge in [-0.1, -0.05) is 0 Å². The number of hydrogen-bond acceptors (Lipinski definition) is 6. The van der Waals surface area contributed by atoms with Gasteiger partial charge in [0.25, 0.3) is 0 Å². The third-order valence-electron chi connectivity index (χ3n) is 0. The van der Waals surface area contributed by atoms with Crippen LogP contribution in [0.25, 0.3) is 0 Å². The molecule has 70 valence electrons. The van der Waals surface area contributed by atoms with Crippen LogP contribution in [0.4, 0.5) is 0 Å². The van der Waals surface area contributed by atoms with E-state index in [4.69, 9.17) is 30.6 Å². The summed E-state index contributed by atoms with van der Waals surface area (Å²) in [7, 11) is 0. The van der Waals surface area contributed by atoms with Crippen molar-refractivity contribution in [1.82, 2.24) is 0 Å². The van der Waals surface area contributed by atoms with Gasteiger partial charge in [-0.05, 0) is 0 Å². The van der Waals surface area contributed by atoms with Crippen LogP contribution in [0.5, 0.6) is 0 Å². The Balaban J connectivity index is -0.0000000300. The molecule has 0 fully saturated rings.